The van der Waals surface area contributed by atoms with Gasteiger partial charge < -0.3 is 10.2 Å². The van der Waals surface area contributed by atoms with Crippen LogP contribution in [0.5, 0.6) is 0 Å². The van der Waals surface area contributed by atoms with Gasteiger partial charge in [0.2, 0.25) is 0 Å². The van der Waals surface area contributed by atoms with Crippen molar-refractivity contribution in [1.29, 1.82) is 0 Å². The molecule has 1 aromatic rings. The minimum absolute atomic E-state index is 0.00130. The van der Waals surface area contributed by atoms with Gasteiger partial charge in [-0.3, -0.25) is 4.79 Å². The first-order valence-electron chi connectivity index (χ1n) is 7.52. The number of hydrogen-bond donors (Lipinski definition) is 1. The molecule has 0 bridgehead atoms. The van der Waals surface area contributed by atoms with Gasteiger partial charge in [-0.15, -0.1) is 10.2 Å². The number of nitrogens with zero attached hydrogens (tertiary/aromatic N) is 3. The lowest BCUT2D eigenvalue weighted by atomic mass is 9.92. The molecule has 20 heavy (non-hydrogen) atoms. The Bertz CT molecular complexity index is 446. The second-order valence-corrected chi connectivity index (χ2v) is 5.59. The Labute approximate surface area is 120 Å². The summed E-state index contributed by atoms with van der Waals surface area (Å²) in [5.41, 5.74) is 0.438. The van der Waals surface area contributed by atoms with Crippen molar-refractivity contribution in [3.05, 3.63) is 17.8 Å². The van der Waals surface area contributed by atoms with E-state index >= 15 is 0 Å². The van der Waals surface area contributed by atoms with Crippen LogP contribution in [0.1, 0.15) is 50.5 Å². The lowest BCUT2D eigenvalue weighted by Gasteiger charge is -2.37. The van der Waals surface area contributed by atoms with Crippen molar-refractivity contribution in [3.8, 4) is 0 Å². The highest BCUT2D eigenvalue weighted by Gasteiger charge is 2.29. The van der Waals surface area contributed by atoms with E-state index in [9.17, 15) is 4.79 Å². The van der Waals surface area contributed by atoms with Crippen LogP contribution in [0.3, 0.4) is 0 Å². The molecule has 0 radical (unpaired) electrons. The minimum Gasteiger partial charge on any atom is -0.369 e. The molecule has 0 spiro atoms. The van der Waals surface area contributed by atoms with Crippen LogP contribution in [0, 0.1) is 5.92 Å². The van der Waals surface area contributed by atoms with Gasteiger partial charge in [-0.2, -0.15) is 0 Å². The van der Waals surface area contributed by atoms with Crippen molar-refractivity contribution in [2.45, 2.75) is 46.1 Å². The molecule has 1 aliphatic rings. The van der Waals surface area contributed by atoms with Gasteiger partial charge in [-0.05, 0) is 44.2 Å². The van der Waals surface area contributed by atoms with Crippen LogP contribution in [0.25, 0.3) is 0 Å². The second-order valence-electron chi connectivity index (χ2n) is 5.59. The van der Waals surface area contributed by atoms with Gasteiger partial charge in [0.1, 0.15) is 5.82 Å². The van der Waals surface area contributed by atoms with Crippen LogP contribution in [0.2, 0.25) is 0 Å². The van der Waals surface area contributed by atoms with E-state index in [1.165, 1.54) is 6.42 Å². The number of carbonyl (C=O) groups excluding carboxylic acids is 1. The smallest absolute Gasteiger partial charge is 0.274 e. The Balaban J connectivity index is 2.05. The van der Waals surface area contributed by atoms with Crippen LogP contribution in [0.15, 0.2) is 12.1 Å². The lowest BCUT2D eigenvalue weighted by Crippen LogP contribution is -2.46. The zero-order valence-corrected chi connectivity index (χ0v) is 12.6. The van der Waals surface area contributed by atoms with E-state index in [2.05, 4.69) is 36.3 Å². The van der Waals surface area contributed by atoms with Crippen LogP contribution >= 0.6 is 0 Å². The van der Waals surface area contributed by atoms with Gasteiger partial charge in [0, 0.05) is 19.1 Å². The predicted molar refractivity (Wildman–Crippen MR) is 79.7 cm³/mol. The van der Waals surface area contributed by atoms with E-state index in [-0.39, 0.29) is 11.9 Å². The van der Waals surface area contributed by atoms with Gasteiger partial charge in [0.15, 0.2) is 5.69 Å². The van der Waals surface area contributed by atoms with Gasteiger partial charge in [-0.25, -0.2) is 0 Å². The highest BCUT2D eigenvalue weighted by molar-refractivity contribution is 5.92. The van der Waals surface area contributed by atoms with Crippen molar-refractivity contribution < 1.29 is 4.79 Å². The van der Waals surface area contributed by atoms with Gasteiger partial charge in [0.05, 0.1) is 0 Å². The Morgan fingerprint density at radius 3 is 2.85 bits per heavy atom. The number of carbonyl (C=O) groups is 1. The fourth-order valence-electron chi connectivity index (χ4n) is 2.56. The molecule has 5 nitrogen and oxygen atoms in total. The summed E-state index contributed by atoms with van der Waals surface area (Å²) in [7, 11) is 0. The number of hydrogen-bond acceptors (Lipinski definition) is 4. The number of piperidine rings is 1. The normalized spacial score (nSPS) is 22.6. The van der Waals surface area contributed by atoms with Crippen molar-refractivity contribution in [2.75, 3.05) is 18.4 Å². The zero-order chi connectivity index (χ0) is 14.5. The van der Waals surface area contributed by atoms with Gasteiger partial charge >= 0.3 is 0 Å². The summed E-state index contributed by atoms with van der Waals surface area (Å²) < 4.78 is 0. The standard InChI is InChI=1S/C15H24N4O/c1-4-9-16-14-8-7-13(17-18-14)15(20)19-10-5-6-11(2)12(19)3/h7-8,11-12H,4-6,9-10H2,1-3H3,(H,16,18). The van der Waals surface area contributed by atoms with Crippen molar-refractivity contribution >= 4 is 11.7 Å². The Morgan fingerprint density at radius 2 is 2.20 bits per heavy atom. The summed E-state index contributed by atoms with van der Waals surface area (Å²) in [6.07, 6.45) is 3.29. The summed E-state index contributed by atoms with van der Waals surface area (Å²) >= 11 is 0. The molecule has 2 unspecified atom stereocenters. The van der Waals surface area contributed by atoms with E-state index in [0.717, 1.165) is 31.7 Å². The van der Waals surface area contributed by atoms with Crippen LogP contribution in [-0.2, 0) is 0 Å². The first kappa shape index (κ1) is 14.8. The van der Waals surface area contributed by atoms with Crippen molar-refractivity contribution in [3.63, 3.8) is 0 Å². The van der Waals surface area contributed by atoms with E-state index < -0.39 is 0 Å². The third-order valence-corrected chi connectivity index (χ3v) is 4.07. The third-order valence-electron chi connectivity index (χ3n) is 4.07. The monoisotopic (exact) mass is 276 g/mol. The Hall–Kier alpha value is -1.65. The average Bonchev–Trinajstić information content (AvgIpc) is 2.48. The second kappa shape index (κ2) is 6.68. The molecule has 1 fully saturated rings. The third kappa shape index (κ3) is 3.26. The van der Waals surface area contributed by atoms with Crippen molar-refractivity contribution in [1.82, 2.24) is 15.1 Å². The molecule has 1 N–H and O–H groups in total. The predicted octanol–water partition coefficient (Wildman–Crippen LogP) is 2.56. The SMILES string of the molecule is CCCNc1ccc(C(=O)N2CCCC(C)C2C)nn1. The molecule has 0 aromatic carbocycles. The fourth-order valence-corrected chi connectivity index (χ4v) is 2.56. The summed E-state index contributed by atoms with van der Waals surface area (Å²) in [4.78, 5) is 14.4. The van der Waals surface area contributed by atoms with Crippen LogP contribution in [0.4, 0.5) is 5.82 Å². The maximum atomic E-state index is 12.5. The number of amides is 1. The number of likely N-dealkylation sites (tertiary alicyclic amines) is 1. The fraction of sp³-hybridized carbons (Fsp3) is 0.667. The van der Waals surface area contributed by atoms with E-state index in [4.69, 9.17) is 0 Å². The first-order chi connectivity index (χ1) is 9.63. The molecule has 2 atom stereocenters. The van der Waals surface area contributed by atoms with Gasteiger partial charge in [-0.1, -0.05) is 13.8 Å². The molecule has 0 saturated carbocycles. The number of anilines is 1. The van der Waals surface area contributed by atoms with E-state index in [1.54, 1.807) is 6.07 Å². The molecule has 2 heterocycles. The molecular weight excluding hydrogens is 252 g/mol. The molecule has 1 aliphatic heterocycles. The lowest BCUT2D eigenvalue weighted by molar-refractivity contribution is 0.0544. The highest BCUT2D eigenvalue weighted by atomic mass is 16.2. The molecule has 5 heteroatoms. The summed E-state index contributed by atoms with van der Waals surface area (Å²) in [5.74, 6) is 1.27. The molecule has 1 aromatic heterocycles. The summed E-state index contributed by atoms with van der Waals surface area (Å²) in [6, 6.07) is 3.86. The number of rotatable bonds is 4. The molecule has 2 rings (SSSR count). The van der Waals surface area contributed by atoms with Gasteiger partial charge in [0.25, 0.3) is 5.91 Å². The Kier molecular flexibility index (Phi) is 4.93. The maximum absolute atomic E-state index is 12.5. The zero-order valence-electron chi connectivity index (χ0n) is 12.6. The summed E-state index contributed by atoms with van der Waals surface area (Å²) in [6.45, 7) is 8.10. The molecule has 0 aliphatic carbocycles. The highest BCUT2D eigenvalue weighted by Crippen LogP contribution is 2.24. The van der Waals surface area contributed by atoms with E-state index in [1.807, 2.05) is 11.0 Å². The summed E-state index contributed by atoms with van der Waals surface area (Å²) in [5, 5.41) is 11.3. The van der Waals surface area contributed by atoms with Crippen LogP contribution < -0.4 is 5.32 Å². The average molecular weight is 276 g/mol. The Morgan fingerprint density at radius 1 is 1.40 bits per heavy atom. The van der Waals surface area contributed by atoms with Crippen molar-refractivity contribution in [2.24, 2.45) is 5.92 Å². The quantitative estimate of drug-likeness (QED) is 0.918. The van der Waals surface area contributed by atoms with Crippen LogP contribution in [-0.4, -0.2) is 40.1 Å². The largest absolute Gasteiger partial charge is 0.369 e. The molecular formula is C15H24N4O. The molecule has 1 saturated heterocycles. The number of nitrogens with one attached hydrogen (secondary N) is 1. The molecule has 110 valence electrons. The minimum atomic E-state index is -0.00130. The molecule has 1 amide bonds. The number of aromatic nitrogens is 2. The topological polar surface area (TPSA) is 58.1 Å². The first-order valence-corrected chi connectivity index (χ1v) is 7.52. The maximum Gasteiger partial charge on any atom is 0.274 e. The van der Waals surface area contributed by atoms with E-state index in [0.29, 0.717) is 11.6 Å².